The Morgan fingerprint density at radius 3 is 1.95 bits per heavy atom. The van der Waals surface area contributed by atoms with Gasteiger partial charge in [0, 0.05) is 13.1 Å². The molecule has 0 heterocycles. The molecule has 0 aliphatic rings. The number of hydrogen-bond donors (Lipinski definition) is 1. The second-order valence-electron chi connectivity index (χ2n) is 5.50. The highest BCUT2D eigenvalue weighted by molar-refractivity contribution is 6.35. The number of nitriles is 1. The van der Waals surface area contributed by atoms with Crippen molar-refractivity contribution in [1.82, 2.24) is 10.2 Å². The maximum absolute atomic E-state index is 12.0. The third kappa shape index (κ3) is 8.20. The fourth-order valence-electron chi connectivity index (χ4n) is 1.48. The van der Waals surface area contributed by atoms with Gasteiger partial charge in [0.1, 0.15) is 6.54 Å². The van der Waals surface area contributed by atoms with Gasteiger partial charge in [-0.2, -0.15) is 5.26 Å². The van der Waals surface area contributed by atoms with Gasteiger partial charge in [-0.05, 0) is 24.7 Å². The molecule has 0 spiro atoms. The molecule has 0 bridgehead atoms. The molecule has 2 amide bonds. The Bertz CT molecular complexity index is 320. The highest BCUT2D eigenvalue weighted by Crippen LogP contribution is 2.07. The molecule has 108 valence electrons. The van der Waals surface area contributed by atoms with Crippen LogP contribution in [0.25, 0.3) is 0 Å². The number of nitrogens with zero attached hydrogens (tertiary/aromatic N) is 2. The van der Waals surface area contributed by atoms with Gasteiger partial charge in [0.05, 0.1) is 6.07 Å². The molecule has 0 aliphatic carbocycles. The third-order valence-electron chi connectivity index (χ3n) is 2.76. The van der Waals surface area contributed by atoms with Crippen molar-refractivity contribution in [2.24, 2.45) is 11.8 Å². The van der Waals surface area contributed by atoms with Gasteiger partial charge in [-0.15, -0.1) is 0 Å². The van der Waals surface area contributed by atoms with Gasteiger partial charge < -0.3 is 10.2 Å². The first-order valence-electron chi connectivity index (χ1n) is 6.82. The number of nitrogens with one attached hydrogen (secondary N) is 1. The zero-order valence-corrected chi connectivity index (χ0v) is 12.4. The average Bonchev–Trinajstić information content (AvgIpc) is 2.34. The number of amides is 2. The van der Waals surface area contributed by atoms with Crippen LogP contribution in [0.4, 0.5) is 0 Å². The van der Waals surface area contributed by atoms with Crippen molar-refractivity contribution in [3.8, 4) is 6.07 Å². The molecule has 5 nitrogen and oxygen atoms in total. The molecule has 0 atom stereocenters. The molecule has 19 heavy (non-hydrogen) atoms. The van der Waals surface area contributed by atoms with E-state index < -0.39 is 11.8 Å². The maximum Gasteiger partial charge on any atom is 0.311 e. The molecule has 0 unspecified atom stereocenters. The normalized spacial score (nSPS) is 10.4. The van der Waals surface area contributed by atoms with E-state index in [0.717, 1.165) is 12.8 Å². The Morgan fingerprint density at radius 2 is 1.58 bits per heavy atom. The van der Waals surface area contributed by atoms with E-state index >= 15 is 0 Å². The lowest BCUT2D eigenvalue weighted by Gasteiger charge is -2.23. The summed E-state index contributed by atoms with van der Waals surface area (Å²) in [6.07, 6.45) is 1.74. The average molecular weight is 267 g/mol. The monoisotopic (exact) mass is 267 g/mol. The van der Waals surface area contributed by atoms with Crippen LogP contribution in [0.3, 0.4) is 0 Å². The number of rotatable bonds is 7. The highest BCUT2D eigenvalue weighted by atomic mass is 16.2. The van der Waals surface area contributed by atoms with Crippen LogP contribution in [-0.4, -0.2) is 36.3 Å². The number of carbonyl (C=O) groups excluding carboxylic acids is 2. The summed E-state index contributed by atoms with van der Waals surface area (Å²) in [6, 6.07) is 1.79. The molecule has 0 saturated heterocycles. The Balaban J connectivity index is 4.48. The zero-order chi connectivity index (χ0) is 14.8. The molecular formula is C14H25N3O2. The first kappa shape index (κ1) is 17.4. The second kappa shape index (κ2) is 9.37. The minimum atomic E-state index is -0.686. The lowest BCUT2D eigenvalue weighted by atomic mass is 10.1. The summed E-state index contributed by atoms with van der Waals surface area (Å²) in [5, 5.41) is 10.7. The van der Waals surface area contributed by atoms with E-state index in [1.54, 1.807) is 11.0 Å². The van der Waals surface area contributed by atoms with Gasteiger partial charge in [0.15, 0.2) is 0 Å². The first-order valence-corrected chi connectivity index (χ1v) is 6.82. The van der Waals surface area contributed by atoms with Crippen LogP contribution < -0.4 is 5.32 Å². The summed E-state index contributed by atoms with van der Waals surface area (Å²) in [6.45, 7) is 9.38. The van der Waals surface area contributed by atoms with Gasteiger partial charge in [-0.25, -0.2) is 0 Å². The van der Waals surface area contributed by atoms with E-state index in [4.69, 9.17) is 5.26 Å². The minimum absolute atomic E-state index is 0.132. The molecule has 0 rings (SSSR count). The SMILES string of the molecule is CC(C)CCN(CCC(C)C)C(=O)C(=O)NCC#N. The Kier molecular flexibility index (Phi) is 8.60. The fourth-order valence-corrected chi connectivity index (χ4v) is 1.48. The van der Waals surface area contributed by atoms with Gasteiger partial charge in [-0.1, -0.05) is 27.7 Å². The van der Waals surface area contributed by atoms with Crippen LogP contribution in [0.5, 0.6) is 0 Å². The molecule has 0 aromatic heterocycles. The topological polar surface area (TPSA) is 73.2 Å². The Morgan fingerprint density at radius 1 is 1.11 bits per heavy atom. The maximum atomic E-state index is 12.0. The molecule has 5 heteroatoms. The summed E-state index contributed by atoms with van der Waals surface area (Å²) in [5.74, 6) is -0.251. The van der Waals surface area contributed by atoms with E-state index in [0.29, 0.717) is 24.9 Å². The summed E-state index contributed by atoms with van der Waals surface area (Å²) in [7, 11) is 0. The van der Waals surface area contributed by atoms with Crippen molar-refractivity contribution in [2.75, 3.05) is 19.6 Å². The van der Waals surface area contributed by atoms with Crippen LogP contribution in [0.1, 0.15) is 40.5 Å². The van der Waals surface area contributed by atoms with Gasteiger partial charge in [0.2, 0.25) is 0 Å². The molecule has 0 saturated carbocycles. The first-order chi connectivity index (χ1) is 8.88. The van der Waals surface area contributed by atoms with Crippen molar-refractivity contribution in [2.45, 2.75) is 40.5 Å². The van der Waals surface area contributed by atoms with Crippen molar-refractivity contribution in [3.05, 3.63) is 0 Å². The Labute approximate surface area is 116 Å². The molecule has 1 N–H and O–H groups in total. The van der Waals surface area contributed by atoms with E-state index in [9.17, 15) is 9.59 Å². The smallest absolute Gasteiger partial charge is 0.311 e. The molecule has 0 aromatic rings. The van der Waals surface area contributed by atoms with Gasteiger partial charge in [-0.3, -0.25) is 9.59 Å². The predicted molar refractivity (Wildman–Crippen MR) is 74.1 cm³/mol. The van der Waals surface area contributed by atoms with Crippen LogP contribution in [0.15, 0.2) is 0 Å². The van der Waals surface area contributed by atoms with Gasteiger partial charge >= 0.3 is 11.8 Å². The van der Waals surface area contributed by atoms with Crippen molar-refractivity contribution >= 4 is 11.8 Å². The molecule has 0 aliphatic heterocycles. The lowest BCUT2D eigenvalue weighted by Crippen LogP contribution is -2.44. The van der Waals surface area contributed by atoms with Crippen LogP contribution in [0.2, 0.25) is 0 Å². The summed E-state index contributed by atoms with van der Waals surface area (Å²) in [5.41, 5.74) is 0. The summed E-state index contributed by atoms with van der Waals surface area (Å²) < 4.78 is 0. The fraction of sp³-hybridized carbons (Fsp3) is 0.786. The largest absolute Gasteiger partial charge is 0.335 e. The van der Waals surface area contributed by atoms with Crippen LogP contribution in [0, 0.1) is 23.2 Å². The van der Waals surface area contributed by atoms with E-state index in [2.05, 4.69) is 33.0 Å². The number of hydrogen-bond acceptors (Lipinski definition) is 3. The van der Waals surface area contributed by atoms with Crippen molar-refractivity contribution in [3.63, 3.8) is 0 Å². The van der Waals surface area contributed by atoms with Crippen LogP contribution >= 0.6 is 0 Å². The summed E-state index contributed by atoms with van der Waals surface area (Å²) in [4.78, 5) is 25.1. The Hall–Kier alpha value is -1.57. The predicted octanol–water partition coefficient (Wildman–Crippen LogP) is 1.55. The van der Waals surface area contributed by atoms with Gasteiger partial charge in [0.25, 0.3) is 0 Å². The standard InChI is InChI=1S/C14H25N3O2/c1-11(2)5-9-17(10-6-12(3)4)14(19)13(18)16-8-7-15/h11-12H,5-6,8-10H2,1-4H3,(H,16,18). The molecule has 0 aromatic carbocycles. The lowest BCUT2D eigenvalue weighted by molar-refractivity contribution is -0.146. The van der Waals surface area contributed by atoms with Crippen molar-refractivity contribution < 1.29 is 9.59 Å². The zero-order valence-electron chi connectivity index (χ0n) is 12.4. The van der Waals surface area contributed by atoms with Crippen molar-refractivity contribution in [1.29, 1.82) is 5.26 Å². The quantitative estimate of drug-likeness (QED) is 0.562. The molecule has 0 radical (unpaired) electrons. The second-order valence-corrected chi connectivity index (χ2v) is 5.50. The van der Waals surface area contributed by atoms with E-state index in [-0.39, 0.29) is 6.54 Å². The van der Waals surface area contributed by atoms with Crippen LogP contribution in [-0.2, 0) is 9.59 Å². The van der Waals surface area contributed by atoms with E-state index in [1.807, 2.05) is 0 Å². The molecular weight excluding hydrogens is 242 g/mol. The third-order valence-corrected chi connectivity index (χ3v) is 2.76. The minimum Gasteiger partial charge on any atom is -0.335 e. The number of carbonyl (C=O) groups is 2. The highest BCUT2D eigenvalue weighted by Gasteiger charge is 2.21. The summed E-state index contributed by atoms with van der Waals surface area (Å²) >= 11 is 0. The van der Waals surface area contributed by atoms with E-state index in [1.165, 1.54) is 0 Å². The molecule has 0 fully saturated rings.